The summed E-state index contributed by atoms with van der Waals surface area (Å²) in [4.78, 5) is 32.1. The maximum absolute atomic E-state index is 12.2. The Labute approximate surface area is 152 Å². The molecule has 2 amide bonds. The van der Waals surface area contributed by atoms with Gasteiger partial charge in [0.05, 0.1) is 13.1 Å². The van der Waals surface area contributed by atoms with Crippen LogP contribution in [0.1, 0.15) is 25.3 Å². The van der Waals surface area contributed by atoms with Gasteiger partial charge in [-0.25, -0.2) is 4.79 Å². The minimum atomic E-state index is -0.383. The van der Waals surface area contributed by atoms with Gasteiger partial charge in [-0.05, 0) is 30.2 Å². The first-order valence-corrected chi connectivity index (χ1v) is 8.75. The zero-order valence-electron chi connectivity index (χ0n) is 15.3. The van der Waals surface area contributed by atoms with Crippen molar-refractivity contribution in [3.8, 4) is 0 Å². The molecule has 1 saturated heterocycles. The van der Waals surface area contributed by atoms with Gasteiger partial charge in [-0.3, -0.25) is 9.69 Å². The Morgan fingerprint density at radius 3 is 2.96 bits per heavy atom. The van der Waals surface area contributed by atoms with Crippen LogP contribution in [0.3, 0.4) is 0 Å². The first kappa shape index (κ1) is 18.0. The summed E-state index contributed by atoms with van der Waals surface area (Å²) in [6, 6.07) is 5.90. The average molecular weight is 360 g/mol. The largest absolute Gasteiger partial charge is 0.442 e. The monoisotopic (exact) mass is 360 g/mol. The molecule has 0 aromatic heterocycles. The van der Waals surface area contributed by atoms with E-state index in [0.29, 0.717) is 19.5 Å². The fourth-order valence-electron chi connectivity index (χ4n) is 3.22. The lowest BCUT2D eigenvalue weighted by Crippen LogP contribution is -2.34. The number of cyclic esters (lactones) is 1. The zero-order chi connectivity index (χ0) is 18.7. The highest BCUT2D eigenvalue weighted by molar-refractivity contribution is 6.00. The Morgan fingerprint density at radius 1 is 1.42 bits per heavy atom. The molecule has 0 saturated carbocycles. The molecule has 1 atom stereocenters. The minimum absolute atomic E-state index is 0.0511. The highest BCUT2D eigenvalue weighted by Gasteiger charge is 2.33. The van der Waals surface area contributed by atoms with Gasteiger partial charge in [0.25, 0.3) is 0 Å². The summed E-state index contributed by atoms with van der Waals surface area (Å²) in [5.41, 5.74) is 3.00. The van der Waals surface area contributed by atoms with Crippen molar-refractivity contribution in [2.24, 2.45) is 5.16 Å². The van der Waals surface area contributed by atoms with E-state index in [2.05, 4.69) is 10.5 Å². The number of aryl methyl sites for hydroxylation is 1. The van der Waals surface area contributed by atoms with E-state index in [1.165, 1.54) is 7.11 Å². The number of carbonyl (C=O) groups excluding carboxylic acids is 2. The van der Waals surface area contributed by atoms with Crippen LogP contribution in [0.5, 0.6) is 0 Å². The molecule has 1 aromatic rings. The van der Waals surface area contributed by atoms with E-state index in [1.807, 2.05) is 30.1 Å². The van der Waals surface area contributed by atoms with Crippen LogP contribution in [0.15, 0.2) is 23.4 Å². The lowest BCUT2D eigenvalue weighted by Gasteiger charge is -2.29. The van der Waals surface area contributed by atoms with E-state index < -0.39 is 0 Å². The molecule has 0 spiro atoms. The van der Waals surface area contributed by atoms with Crippen LogP contribution in [0, 0.1) is 0 Å². The van der Waals surface area contributed by atoms with Gasteiger partial charge < -0.3 is 19.8 Å². The number of fused-ring (bicyclic) bond motifs is 1. The number of benzene rings is 1. The number of nitrogens with one attached hydrogen (secondary N) is 1. The molecule has 1 fully saturated rings. The number of hydrogen-bond acceptors (Lipinski definition) is 5. The fourth-order valence-corrected chi connectivity index (χ4v) is 3.22. The van der Waals surface area contributed by atoms with Crippen LogP contribution >= 0.6 is 0 Å². The van der Waals surface area contributed by atoms with Gasteiger partial charge in [0.1, 0.15) is 19.0 Å². The van der Waals surface area contributed by atoms with E-state index in [4.69, 9.17) is 9.57 Å². The molecule has 8 nitrogen and oxygen atoms in total. The fraction of sp³-hybridized carbons (Fsp3) is 0.500. The molecule has 26 heavy (non-hydrogen) atoms. The minimum Gasteiger partial charge on any atom is -0.442 e. The molecule has 8 heteroatoms. The second-order valence-corrected chi connectivity index (χ2v) is 6.34. The predicted molar refractivity (Wildman–Crippen MR) is 98.5 cm³/mol. The molecule has 0 unspecified atom stereocenters. The second-order valence-electron chi connectivity index (χ2n) is 6.34. The summed E-state index contributed by atoms with van der Waals surface area (Å²) in [6.45, 7) is 2.54. The van der Waals surface area contributed by atoms with Crippen LogP contribution in [0.4, 0.5) is 16.2 Å². The van der Waals surface area contributed by atoms with Crippen LogP contribution in [-0.2, 0) is 20.8 Å². The van der Waals surface area contributed by atoms with Crippen molar-refractivity contribution < 1.29 is 19.2 Å². The third-order valence-electron chi connectivity index (χ3n) is 4.66. The Morgan fingerprint density at radius 2 is 2.23 bits per heavy atom. The topological polar surface area (TPSA) is 83.5 Å². The van der Waals surface area contributed by atoms with Gasteiger partial charge in [-0.2, -0.15) is 0 Å². The average Bonchev–Trinajstić information content (AvgIpc) is 3.02. The van der Waals surface area contributed by atoms with Crippen LogP contribution in [-0.4, -0.2) is 51.2 Å². The van der Waals surface area contributed by atoms with Crippen LogP contribution in [0.2, 0.25) is 0 Å². The molecule has 0 aliphatic carbocycles. The molecule has 2 aliphatic heterocycles. The number of nitrogens with zero attached hydrogens (tertiary/aromatic N) is 3. The van der Waals surface area contributed by atoms with Crippen LogP contribution < -0.4 is 15.1 Å². The quantitative estimate of drug-likeness (QED) is 0.811. The van der Waals surface area contributed by atoms with E-state index in [-0.39, 0.29) is 18.1 Å². The first-order valence-electron chi connectivity index (χ1n) is 8.75. The van der Waals surface area contributed by atoms with Gasteiger partial charge >= 0.3 is 6.09 Å². The number of carbonyl (C=O) groups is 2. The molecule has 1 N–H and O–H groups in total. The molecule has 3 rings (SSSR count). The van der Waals surface area contributed by atoms with Gasteiger partial charge in [-0.1, -0.05) is 12.1 Å². The number of amidine groups is 1. The maximum Gasteiger partial charge on any atom is 0.414 e. The highest BCUT2D eigenvalue weighted by Crippen LogP contribution is 2.32. The van der Waals surface area contributed by atoms with E-state index in [0.717, 1.165) is 35.6 Å². The van der Waals surface area contributed by atoms with Crippen molar-refractivity contribution in [1.82, 2.24) is 5.32 Å². The lowest BCUT2D eigenvalue weighted by molar-refractivity contribution is -0.121. The lowest BCUT2D eigenvalue weighted by atomic mass is 10.0. The Kier molecular flexibility index (Phi) is 5.29. The Hall–Kier alpha value is -2.77. The first-order chi connectivity index (χ1) is 12.5. The molecule has 2 aliphatic rings. The maximum atomic E-state index is 12.2. The number of anilines is 2. The van der Waals surface area contributed by atoms with E-state index in [1.54, 1.807) is 11.8 Å². The van der Waals surface area contributed by atoms with Gasteiger partial charge in [0, 0.05) is 31.3 Å². The van der Waals surface area contributed by atoms with Crippen molar-refractivity contribution >= 4 is 29.2 Å². The number of amides is 2. The molecule has 1 aromatic carbocycles. The highest BCUT2D eigenvalue weighted by atomic mass is 16.6. The Bertz CT molecular complexity index is 734. The summed E-state index contributed by atoms with van der Waals surface area (Å²) >= 11 is 0. The Balaban J connectivity index is 1.72. The van der Waals surface area contributed by atoms with Crippen molar-refractivity contribution in [1.29, 1.82) is 0 Å². The molecular weight excluding hydrogens is 336 g/mol. The van der Waals surface area contributed by atoms with Crippen molar-refractivity contribution in [2.45, 2.75) is 32.3 Å². The van der Waals surface area contributed by atoms with Gasteiger partial charge in [0.15, 0.2) is 0 Å². The predicted octanol–water partition coefficient (Wildman–Crippen LogP) is 1.88. The van der Waals surface area contributed by atoms with E-state index in [9.17, 15) is 9.59 Å². The third-order valence-corrected chi connectivity index (χ3v) is 4.66. The summed E-state index contributed by atoms with van der Waals surface area (Å²) in [7, 11) is 3.49. The summed E-state index contributed by atoms with van der Waals surface area (Å²) in [6.07, 6.45) is 1.30. The molecular formula is C18H24N4O4. The van der Waals surface area contributed by atoms with Crippen LogP contribution in [0.25, 0.3) is 0 Å². The third kappa shape index (κ3) is 3.58. The normalized spacial score (nSPS) is 20.8. The standard InChI is InChI=1S/C18H24N4O4/c1-4-17(23)19-10-14-11-22(18(24)26-14)13-6-7-15-12(9-13)5-8-16(20-25-3)21(15)2/h6-7,9,14H,4-5,8,10-11H2,1-3H3,(H,19,23)/b20-16+/t14-/m0/s1. The smallest absolute Gasteiger partial charge is 0.414 e. The molecule has 2 heterocycles. The SMILES string of the molecule is CCC(=O)NC[C@H]1CN(c2ccc3c(c2)CC/C(=N\OC)N3C)C(=O)O1. The molecule has 140 valence electrons. The summed E-state index contributed by atoms with van der Waals surface area (Å²) in [5, 5.41) is 6.82. The van der Waals surface area contributed by atoms with Gasteiger partial charge in [0.2, 0.25) is 5.91 Å². The van der Waals surface area contributed by atoms with Crippen molar-refractivity contribution in [3.05, 3.63) is 23.8 Å². The summed E-state index contributed by atoms with van der Waals surface area (Å²) in [5.74, 6) is 0.824. The zero-order valence-corrected chi connectivity index (χ0v) is 15.3. The van der Waals surface area contributed by atoms with Crippen molar-refractivity contribution in [3.63, 3.8) is 0 Å². The van der Waals surface area contributed by atoms with Gasteiger partial charge in [-0.15, -0.1) is 0 Å². The number of rotatable bonds is 5. The molecule has 0 radical (unpaired) electrons. The second kappa shape index (κ2) is 7.63. The number of hydrogen-bond donors (Lipinski definition) is 1. The van der Waals surface area contributed by atoms with Crippen molar-refractivity contribution in [2.75, 3.05) is 37.0 Å². The summed E-state index contributed by atoms with van der Waals surface area (Å²) < 4.78 is 5.36. The number of oxime groups is 1. The number of ether oxygens (including phenoxy) is 1. The van der Waals surface area contributed by atoms with E-state index >= 15 is 0 Å². The molecule has 0 bridgehead atoms.